The Kier molecular flexibility index (Phi) is 6.03. The number of allylic oxidation sites excluding steroid dienone is 4. The Hall–Kier alpha value is -1.70. The molecule has 3 saturated carbocycles. The van der Waals surface area contributed by atoms with Crippen LogP contribution in [-0.2, 0) is 19.1 Å². The van der Waals surface area contributed by atoms with Crippen molar-refractivity contribution in [1.29, 1.82) is 0 Å². The van der Waals surface area contributed by atoms with E-state index < -0.39 is 29.0 Å². The van der Waals surface area contributed by atoms with Crippen LogP contribution in [0.3, 0.4) is 0 Å². The van der Waals surface area contributed by atoms with E-state index in [1.165, 1.54) is 0 Å². The quantitative estimate of drug-likeness (QED) is 0.507. The number of ether oxygens (including phenoxy) is 3. The van der Waals surface area contributed by atoms with E-state index in [0.717, 1.165) is 18.4 Å². The third-order valence-corrected chi connectivity index (χ3v) is 10.7. The lowest BCUT2D eigenvalue weighted by molar-refractivity contribution is -0.225. The Morgan fingerprint density at radius 1 is 1.21 bits per heavy atom. The molecular weight excluding hydrogens is 527 g/mol. The van der Waals surface area contributed by atoms with E-state index in [4.69, 9.17) is 37.4 Å². The van der Waals surface area contributed by atoms with Gasteiger partial charge in [-0.1, -0.05) is 48.7 Å². The highest BCUT2D eigenvalue weighted by molar-refractivity contribution is 6.35. The number of hydrogen-bond donors (Lipinski definition) is 1. The van der Waals surface area contributed by atoms with Crippen molar-refractivity contribution in [3.05, 3.63) is 52.0 Å². The van der Waals surface area contributed by atoms with Crippen LogP contribution < -0.4 is 4.74 Å². The van der Waals surface area contributed by atoms with Crippen LogP contribution in [0.25, 0.3) is 0 Å². The molecule has 1 heterocycles. The van der Waals surface area contributed by atoms with Crippen LogP contribution in [-0.4, -0.2) is 46.9 Å². The minimum absolute atomic E-state index is 0.0100. The lowest BCUT2D eigenvalue weighted by Gasteiger charge is -2.59. The molecule has 6 rings (SSSR count). The van der Waals surface area contributed by atoms with Crippen molar-refractivity contribution in [1.82, 2.24) is 0 Å². The van der Waals surface area contributed by atoms with E-state index in [-0.39, 0.29) is 41.3 Å². The second-order valence-electron chi connectivity index (χ2n) is 12.6. The van der Waals surface area contributed by atoms with Crippen LogP contribution in [0.2, 0.25) is 10.0 Å². The molecule has 5 aliphatic rings. The second-order valence-corrected chi connectivity index (χ2v) is 13.4. The first-order valence-electron chi connectivity index (χ1n) is 13.4. The molecule has 1 aromatic rings. The fourth-order valence-corrected chi connectivity index (χ4v) is 9.23. The largest absolute Gasteiger partial charge is 0.484 e. The summed E-state index contributed by atoms with van der Waals surface area (Å²) in [5.74, 6) is -0.568. The van der Waals surface area contributed by atoms with Crippen molar-refractivity contribution < 1.29 is 28.9 Å². The Labute approximate surface area is 233 Å². The Morgan fingerprint density at radius 3 is 2.71 bits per heavy atom. The molecule has 0 radical (unpaired) electrons. The number of Topliss-reactive ketones (excluding diaryl/α,β-unsaturated/α-hetero) is 1. The summed E-state index contributed by atoms with van der Waals surface area (Å²) < 4.78 is 18.9. The van der Waals surface area contributed by atoms with Crippen LogP contribution in [0.15, 0.2) is 42.0 Å². The van der Waals surface area contributed by atoms with Crippen molar-refractivity contribution in [2.75, 3.05) is 6.61 Å². The molecular formula is C30H34Cl2O6. The molecule has 0 bridgehead atoms. The average Bonchev–Trinajstić information content (AvgIpc) is 3.24. The lowest BCUT2D eigenvalue weighted by atomic mass is 9.46. The third kappa shape index (κ3) is 3.63. The van der Waals surface area contributed by atoms with E-state index in [2.05, 4.69) is 13.8 Å². The average molecular weight is 562 g/mol. The van der Waals surface area contributed by atoms with Gasteiger partial charge in [0.2, 0.25) is 5.78 Å². The molecule has 4 fully saturated rings. The van der Waals surface area contributed by atoms with Gasteiger partial charge in [0.1, 0.15) is 12.4 Å². The van der Waals surface area contributed by atoms with Crippen LogP contribution in [0.1, 0.15) is 53.4 Å². The number of benzene rings is 1. The molecule has 4 aliphatic carbocycles. The van der Waals surface area contributed by atoms with E-state index in [0.29, 0.717) is 28.6 Å². The van der Waals surface area contributed by atoms with Crippen LogP contribution in [0.5, 0.6) is 5.75 Å². The third-order valence-electron chi connectivity index (χ3n) is 10.2. The van der Waals surface area contributed by atoms with Gasteiger partial charge in [0.25, 0.3) is 0 Å². The smallest absolute Gasteiger partial charge is 0.205 e. The number of halogens is 2. The summed E-state index contributed by atoms with van der Waals surface area (Å²) in [5.41, 5.74) is -1.22. The predicted octanol–water partition coefficient (Wildman–Crippen LogP) is 5.72. The van der Waals surface area contributed by atoms with Gasteiger partial charge in [-0.3, -0.25) is 9.59 Å². The fraction of sp³-hybridized carbons (Fsp3) is 0.600. The maximum atomic E-state index is 14.2. The minimum atomic E-state index is -1.26. The second kappa shape index (κ2) is 8.65. The van der Waals surface area contributed by atoms with E-state index in [9.17, 15) is 14.7 Å². The Balaban J connectivity index is 1.35. The monoisotopic (exact) mass is 560 g/mol. The number of aliphatic hydroxyl groups excluding tert-OH is 1. The van der Waals surface area contributed by atoms with Gasteiger partial charge >= 0.3 is 0 Å². The van der Waals surface area contributed by atoms with Crippen molar-refractivity contribution >= 4 is 34.8 Å². The Morgan fingerprint density at radius 2 is 1.97 bits per heavy atom. The zero-order chi connectivity index (χ0) is 27.3. The standard InChI is InChI=1S/C30H34Cl2O6/c1-27(2)37-25-13-20-19-7-5-16-11-18(33)9-10-28(16,3)26(19)22(34)14-29(20,4)30(25,38-27)24(35)15-36-23-8-6-17(31)12-21(23)32/h6,8-12,19-20,22,25-26,34H,5,7,13-15H2,1-4H3/t19?,20?,22?,25-,26?,28?,29?,30-/m1/s1. The molecule has 0 amide bonds. The molecule has 1 N–H and O–H groups in total. The summed E-state index contributed by atoms with van der Waals surface area (Å²) in [6.45, 7) is 7.66. The van der Waals surface area contributed by atoms with E-state index >= 15 is 0 Å². The molecule has 0 aromatic heterocycles. The summed E-state index contributed by atoms with van der Waals surface area (Å²) in [4.78, 5) is 26.3. The summed E-state index contributed by atoms with van der Waals surface area (Å²) in [6.07, 6.45) is 6.95. The molecule has 1 saturated heterocycles. The predicted molar refractivity (Wildman–Crippen MR) is 143 cm³/mol. The van der Waals surface area contributed by atoms with Gasteiger partial charge in [-0.25, -0.2) is 0 Å². The van der Waals surface area contributed by atoms with Crippen molar-refractivity contribution in [2.45, 2.75) is 77.0 Å². The molecule has 1 aromatic carbocycles. The summed E-state index contributed by atoms with van der Waals surface area (Å²) in [6, 6.07) is 4.89. The summed E-state index contributed by atoms with van der Waals surface area (Å²) in [5, 5.41) is 12.6. The van der Waals surface area contributed by atoms with Gasteiger partial charge in [0.15, 0.2) is 17.2 Å². The lowest BCUT2D eigenvalue weighted by Crippen LogP contribution is -2.64. The molecule has 1 aliphatic heterocycles. The SMILES string of the molecule is CC1(C)O[C@@H]2CC3C4CCC5=CC(=O)C=CC5(C)C4C(O)CC3(C)[C@]2(C(=O)COc2ccc(Cl)cc2Cl)O1. The van der Waals surface area contributed by atoms with Gasteiger partial charge in [0.05, 0.1) is 17.2 Å². The summed E-state index contributed by atoms with van der Waals surface area (Å²) >= 11 is 12.3. The first-order valence-corrected chi connectivity index (χ1v) is 14.2. The maximum Gasteiger partial charge on any atom is 0.205 e. The summed E-state index contributed by atoms with van der Waals surface area (Å²) in [7, 11) is 0. The van der Waals surface area contributed by atoms with Gasteiger partial charge in [-0.05, 0) is 81.7 Å². The van der Waals surface area contributed by atoms with Crippen LogP contribution in [0, 0.1) is 28.6 Å². The van der Waals surface area contributed by atoms with Crippen molar-refractivity contribution in [3.8, 4) is 5.75 Å². The number of hydrogen-bond acceptors (Lipinski definition) is 6. The maximum absolute atomic E-state index is 14.2. The highest BCUT2D eigenvalue weighted by Gasteiger charge is 2.76. The molecule has 8 heteroatoms. The van der Waals surface area contributed by atoms with E-state index in [1.54, 1.807) is 30.4 Å². The molecule has 6 unspecified atom stereocenters. The first kappa shape index (κ1) is 26.5. The first-order chi connectivity index (χ1) is 17.8. The molecule has 204 valence electrons. The number of carbonyl (C=O) groups is 2. The molecule has 8 atom stereocenters. The normalized spacial score (nSPS) is 42.6. The van der Waals surface area contributed by atoms with Gasteiger partial charge in [-0.2, -0.15) is 0 Å². The minimum Gasteiger partial charge on any atom is -0.484 e. The van der Waals surface area contributed by atoms with Gasteiger partial charge in [0, 0.05) is 21.8 Å². The van der Waals surface area contributed by atoms with E-state index in [1.807, 2.05) is 19.9 Å². The van der Waals surface area contributed by atoms with Crippen LogP contribution >= 0.6 is 23.2 Å². The van der Waals surface area contributed by atoms with Crippen molar-refractivity contribution in [3.63, 3.8) is 0 Å². The highest BCUT2D eigenvalue weighted by atomic mass is 35.5. The fourth-order valence-electron chi connectivity index (χ4n) is 8.76. The van der Waals surface area contributed by atoms with Gasteiger partial charge < -0.3 is 19.3 Å². The number of ketones is 2. The molecule has 38 heavy (non-hydrogen) atoms. The highest BCUT2D eigenvalue weighted by Crippen LogP contribution is 2.70. The molecule has 0 spiro atoms. The number of aliphatic hydroxyl groups is 1. The number of fused-ring (bicyclic) bond motifs is 7. The number of rotatable bonds is 4. The topological polar surface area (TPSA) is 82.1 Å². The number of carbonyl (C=O) groups excluding carboxylic acids is 2. The van der Waals surface area contributed by atoms with Crippen LogP contribution in [0.4, 0.5) is 0 Å². The Bertz CT molecular complexity index is 1270. The zero-order valence-corrected chi connectivity index (χ0v) is 23.6. The zero-order valence-electron chi connectivity index (χ0n) is 22.1. The van der Waals surface area contributed by atoms with Gasteiger partial charge in [-0.15, -0.1) is 0 Å². The van der Waals surface area contributed by atoms with Crippen molar-refractivity contribution in [2.24, 2.45) is 28.6 Å². The molecule has 6 nitrogen and oxygen atoms in total.